The van der Waals surface area contributed by atoms with Crippen LogP contribution in [0.3, 0.4) is 0 Å². The molecular weight excluding hydrogens is 384 g/mol. The number of hydrogen-bond acceptors (Lipinski definition) is 6. The normalized spacial score (nSPS) is 17.5. The van der Waals surface area contributed by atoms with Gasteiger partial charge in [-0.05, 0) is 31.0 Å². The Labute approximate surface area is 178 Å². The van der Waals surface area contributed by atoms with Crippen LogP contribution in [-0.4, -0.2) is 74.6 Å². The van der Waals surface area contributed by atoms with Crippen LogP contribution in [-0.2, 0) is 20.7 Å². The number of anilines is 1. The van der Waals surface area contributed by atoms with Crippen molar-refractivity contribution in [3.63, 3.8) is 0 Å². The molecule has 2 amide bonds. The van der Waals surface area contributed by atoms with Crippen LogP contribution in [0.1, 0.15) is 30.6 Å². The molecule has 160 valence electrons. The molecule has 0 aromatic heterocycles. The van der Waals surface area contributed by atoms with Gasteiger partial charge in [0.2, 0.25) is 5.91 Å². The number of rotatable bonds is 7. The average Bonchev–Trinajstić information content (AvgIpc) is 2.75. The lowest BCUT2D eigenvalue weighted by molar-refractivity contribution is -0.143. The lowest BCUT2D eigenvalue weighted by atomic mass is 9.97. The van der Waals surface area contributed by atoms with E-state index in [9.17, 15) is 14.4 Å². The minimum absolute atomic E-state index is 0.118. The van der Waals surface area contributed by atoms with Gasteiger partial charge in [0.25, 0.3) is 5.91 Å². The number of benzene rings is 1. The summed E-state index contributed by atoms with van der Waals surface area (Å²) in [6, 6.07) is 3.16. The first-order valence-corrected chi connectivity index (χ1v) is 10.2. The summed E-state index contributed by atoms with van der Waals surface area (Å²) >= 11 is 0. The minimum atomic E-state index is -0.788. The molecule has 0 saturated carbocycles. The smallest absolute Gasteiger partial charge is 0.308 e. The third kappa shape index (κ3) is 5.30. The Kier molecular flexibility index (Phi) is 6.83. The van der Waals surface area contributed by atoms with E-state index in [1.165, 1.54) is 4.90 Å². The summed E-state index contributed by atoms with van der Waals surface area (Å²) in [5.41, 5.74) is 2.10. The first kappa shape index (κ1) is 20.2. The number of terminal acetylenes is 1. The molecule has 1 aromatic carbocycles. The van der Waals surface area contributed by atoms with Crippen LogP contribution < -0.4 is 15.5 Å². The monoisotopic (exact) mass is 414 g/mol. The van der Waals surface area contributed by atoms with Crippen LogP contribution in [0.25, 0.3) is 0 Å². The van der Waals surface area contributed by atoms with E-state index in [4.69, 9.17) is 12.5 Å². The fraction of sp³-hybridized carbons (Fsp3) is 0.500. The van der Waals surface area contributed by atoms with Crippen molar-refractivity contribution in [1.82, 2.24) is 15.5 Å². The fourth-order valence-electron chi connectivity index (χ4n) is 3.63. The molecule has 1 fully saturated rings. The van der Waals surface area contributed by atoms with Crippen molar-refractivity contribution in [2.75, 3.05) is 50.8 Å². The number of ether oxygens (including phenoxy) is 1. The molecule has 1 saturated heterocycles. The van der Waals surface area contributed by atoms with Crippen LogP contribution in [0.2, 0.25) is 0 Å². The molecule has 0 bridgehead atoms. The Morgan fingerprint density at radius 3 is 2.87 bits per heavy atom. The second kappa shape index (κ2) is 10.1. The zero-order valence-electron chi connectivity index (χ0n) is 18.2. The summed E-state index contributed by atoms with van der Waals surface area (Å²) in [5.74, 6) is 1.22. The van der Waals surface area contributed by atoms with E-state index in [2.05, 4.69) is 21.5 Å². The molecule has 0 aliphatic carbocycles. The zero-order chi connectivity index (χ0) is 22.4. The summed E-state index contributed by atoms with van der Waals surface area (Å²) in [6.45, 7) is 5.38. The molecule has 1 atom stereocenters. The molecule has 2 aliphatic rings. The van der Waals surface area contributed by atoms with Crippen molar-refractivity contribution in [3.8, 4) is 12.3 Å². The number of piperazine rings is 1. The summed E-state index contributed by atoms with van der Waals surface area (Å²) in [6.07, 6.45) is 5.87. The van der Waals surface area contributed by atoms with E-state index in [1.807, 2.05) is 0 Å². The van der Waals surface area contributed by atoms with Gasteiger partial charge in [-0.2, -0.15) is 0 Å². The van der Waals surface area contributed by atoms with Crippen molar-refractivity contribution in [2.24, 2.45) is 0 Å². The molecule has 2 heterocycles. The second-order valence-electron chi connectivity index (χ2n) is 7.27. The van der Waals surface area contributed by atoms with E-state index in [0.29, 0.717) is 24.6 Å². The molecule has 0 unspecified atom stereocenters. The maximum atomic E-state index is 13.1. The number of amides is 2. The van der Waals surface area contributed by atoms with Gasteiger partial charge in [0.15, 0.2) is 0 Å². The van der Waals surface area contributed by atoms with Gasteiger partial charge in [0.1, 0.15) is 6.04 Å². The number of esters is 1. The van der Waals surface area contributed by atoms with E-state index in [-0.39, 0.29) is 25.5 Å². The van der Waals surface area contributed by atoms with E-state index in [1.54, 1.807) is 19.1 Å². The molecule has 1 aromatic rings. The third-order valence-corrected chi connectivity index (χ3v) is 5.19. The summed E-state index contributed by atoms with van der Waals surface area (Å²) in [7, 11) is 0. The van der Waals surface area contributed by atoms with Crippen molar-refractivity contribution in [1.29, 1.82) is 0 Å². The van der Waals surface area contributed by atoms with Crippen LogP contribution in [0, 0.1) is 12.3 Å². The molecule has 3 rings (SSSR count). The molecule has 8 heteroatoms. The van der Waals surface area contributed by atoms with Gasteiger partial charge in [-0.25, -0.2) is 0 Å². The predicted molar refractivity (Wildman–Crippen MR) is 113 cm³/mol. The highest BCUT2D eigenvalue weighted by atomic mass is 16.5. The number of nitrogens with zero attached hydrogens (tertiary/aromatic N) is 2. The van der Waals surface area contributed by atoms with E-state index in [0.717, 1.165) is 37.4 Å². The summed E-state index contributed by atoms with van der Waals surface area (Å²) < 4.78 is 13.2. The standard InChI is InChI=1S/C22H28N4O4/c1-3-17(13-21(28)30-4-2)24-20(27)15-26-10-7-16-5-6-18(14-19(16)22(26)29)25-11-8-23-9-12-25/h1,5-6,14,17,23H,4,7-13,15H2,2H3,(H,24,27)/t17-/m1/s1/i6T. The maximum Gasteiger partial charge on any atom is 0.308 e. The number of nitrogens with one attached hydrogen (secondary N) is 2. The molecule has 30 heavy (non-hydrogen) atoms. The Morgan fingerprint density at radius 2 is 2.17 bits per heavy atom. The van der Waals surface area contributed by atoms with Crippen molar-refractivity contribution in [3.05, 3.63) is 29.3 Å². The second-order valence-corrected chi connectivity index (χ2v) is 7.27. The van der Waals surface area contributed by atoms with E-state index < -0.39 is 17.9 Å². The Morgan fingerprint density at radius 1 is 1.40 bits per heavy atom. The quantitative estimate of drug-likeness (QED) is 0.488. The highest BCUT2D eigenvalue weighted by Gasteiger charge is 2.27. The van der Waals surface area contributed by atoms with E-state index >= 15 is 0 Å². The topological polar surface area (TPSA) is 91.0 Å². The Bertz CT molecular complexity index is 892. The number of carbonyl (C=O) groups is 3. The SMILES string of the molecule is [3H]c1cc2c(cc1N1CCNCC1)C(=O)N(CC(=O)N[C@H](C#C)CC(=O)OCC)CC2. The average molecular weight is 414 g/mol. The van der Waals surface area contributed by atoms with Gasteiger partial charge in [-0.15, -0.1) is 6.42 Å². The van der Waals surface area contributed by atoms with Gasteiger partial charge in [0.05, 0.1) is 20.9 Å². The highest BCUT2D eigenvalue weighted by Crippen LogP contribution is 2.25. The molecule has 0 radical (unpaired) electrons. The van der Waals surface area contributed by atoms with Crippen LogP contribution in [0.15, 0.2) is 18.2 Å². The fourth-order valence-corrected chi connectivity index (χ4v) is 3.63. The third-order valence-electron chi connectivity index (χ3n) is 5.19. The molecule has 0 spiro atoms. The number of carbonyl (C=O) groups excluding carboxylic acids is 3. The molecule has 2 N–H and O–H groups in total. The zero-order valence-corrected chi connectivity index (χ0v) is 17.2. The lowest BCUT2D eigenvalue weighted by Gasteiger charge is -2.32. The Balaban J connectivity index is 1.66. The molecule has 8 nitrogen and oxygen atoms in total. The highest BCUT2D eigenvalue weighted by molar-refractivity contribution is 5.99. The van der Waals surface area contributed by atoms with Crippen molar-refractivity contribution < 1.29 is 20.5 Å². The maximum absolute atomic E-state index is 13.1. The van der Waals surface area contributed by atoms with Crippen LogP contribution in [0.4, 0.5) is 5.69 Å². The Hall–Kier alpha value is -3.05. The predicted octanol–water partition coefficient (Wildman–Crippen LogP) is 0.166. The first-order chi connectivity index (χ1) is 14.9. The number of hydrogen-bond donors (Lipinski definition) is 2. The largest absolute Gasteiger partial charge is 0.466 e. The van der Waals surface area contributed by atoms with Gasteiger partial charge in [-0.1, -0.05) is 12.0 Å². The summed E-state index contributed by atoms with van der Waals surface area (Å²) in [4.78, 5) is 40.7. The van der Waals surface area contributed by atoms with Gasteiger partial charge >= 0.3 is 5.97 Å². The van der Waals surface area contributed by atoms with Crippen molar-refractivity contribution in [2.45, 2.75) is 25.8 Å². The van der Waals surface area contributed by atoms with Crippen LogP contribution in [0.5, 0.6) is 0 Å². The van der Waals surface area contributed by atoms with Crippen LogP contribution >= 0.6 is 0 Å². The van der Waals surface area contributed by atoms with Gasteiger partial charge in [-0.3, -0.25) is 14.4 Å². The summed E-state index contributed by atoms with van der Waals surface area (Å²) in [5, 5.41) is 5.88. The number of fused-ring (bicyclic) bond motifs is 1. The van der Waals surface area contributed by atoms with Gasteiger partial charge < -0.3 is 25.2 Å². The molecular formula is C22H28N4O4. The lowest BCUT2D eigenvalue weighted by Crippen LogP contribution is -2.47. The first-order valence-electron chi connectivity index (χ1n) is 10.7. The van der Waals surface area contributed by atoms with Gasteiger partial charge in [0, 0.05) is 44.0 Å². The van der Waals surface area contributed by atoms with Crippen molar-refractivity contribution >= 4 is 23.5 Å². The minimum Gasteiger partial charge on any atom is -0.466 e. The molecule has 2 aliphatic heterocycles.